The number of hydrogen-bond donors (Lipinski definition) is 2. The monoisotopic (exact) mass is 344 g/mol. The van der Waals surface area contributed by atoms with Crippen LogP contribution in [0.1, 0.15) is 34.2 Å². The van der Waals surface area contributed by atoms with Gasteiger partial charge in [0.2, 0.25) is 0 Å². The topological polar surface area (TPSA) is 97.8 Å². The Morgan fingerprint density at radius 1 is 1.16 bits per heavy atom. The number of hydrogen-bond acceptors (Lipinski definition) is 5. The predicted octanol–water partition coefficient (Wildman–Crippen LogP) is 2.35. The van der Waals surface area contributed by atoms with Crippen molar-refractivity contribution in [1.82, 2.24) is 10.3 Å². The van der Waals surface area contributed by atoms with Gasteiger partial charge in [-0.25, -0.2) is 4.98 Å². The Morgan fingerprint density at radius 3 is 2.48 bits per heavy atom. The first-order chi connectivity index (χ1) is 11.9. The fourth-order valence-electron chi connectivity index (χ4n) is 2.40. The van der Waals surface area contributed by atoms with Crippen LogP contribution in [0.5, 0.6) is 11.5 Å². The number of carbonyl (C=O) groups is 2. The molecule has 1 aromatic carbocycles. The summed E-state index contributed by atoms with van der Waals surface area (Å²) in [5.41, 5.74) is 1.53. The second kappa shape index (κ2) is 8.14. The molecule has 7 heteroatoms. The summed E-state index contributed by atoms with van der Waals surface area (Å²) in [7, 11) is 3.00. The summed E-state index contributed by atoms with van der Waals surface area (Å²) in [6.45, 7) is 1.78. The first-order valence-electron chi connectivity index (χ1n) is 7.63. The lowest BCUT2D eigenvalue weighted by atomic mass is 10.0. The molecule has 0 aliphatic rings. The van der Waals surface area contributed by atoms with Gasteiger partial charge in [0, 0.05) is 5.69 Å². The Morgan fingerprint density at radius 2 is 1.88 bits per heavy atom. The third kappa shape index (κ3) is 4.69. The Kier molecular flexibility index (Phi) is 5.94. The maximum Gasteiger partial charge on any atom is 0.305 e. The number of aromatic nitrogens is 1. The Labute approximate surface area is 145 Å². The van der Waals surface area contributed by atoms with Gasteiger partial charge in [0.15, 0.2) is 11.5 Å². The molecule has 0 saturated carbocycles. The van der Waals surface area contributed by atoms with E-state index in [-0.39, 0.29) is 12.1 Å². The fourth-order valence-corrected chi connectivity index (χ4v) is 2.40. The quantitative estimate of drug-likeness (QED) is 0.800. The van der Waals surface area contributed by atoms with Crippen LogP contribution in [0, 0.1) is 6.92 Å². The van der Waals surface area contributed by atoms with Gasteiger partial charge in [-0.1, -0.05) is 12.1 Å². The maximum atomic E-state index is 12.4. The number of carboxylic acids is 1. The average Bonchev–Trinajstić information content (AvgIpc) is 2.60. The van der Waals surface area contributed by atoms with Crippen molar-refractivity contribution in [1.29, 1.82) is 0 Å². The largest absolute Gasteiger partial charge is 0.493 e. The summed E-state index contributed by atoms with van der Waals surface area (Å²) in [5.74, 6) is -0.493. The Hall–Kier alpha value is -3.09. The standard InChI is InChI=1S/C18H20N2O5/c1-11-5-4-6-13(19-11)18(23)20-14(10-17(21)22)12-7-8-15(24-2)16(9-12)25-3/h4-9,14H,10H2,1-3H3,(H,20,23)(H,21,22). The van der Waals surface area contributed by atoms with Gasteiger partial charge < -0.3 is 19.9 Å². The van der Waals surface area contributed by atoms with Crippen LogP contribution < -0.4 is 14.8 Å². The van der Waals surface area contributed by atoms with Gasteiger partial charge in [-0.2, -0.15) is 0 Å². The lowest BCUT2D eigenvalue weighted by Gasteiger charge is -2.19. The van der Waals surface area contributed by atoms with Crippen molar-refractivity contribution in [2.24, 2.45) is 0 Å². The van der Waals surface area contributed by atoms with Gasteiger partial charge in [-0.3, -0.25) is 9.59 Å². The molecule has 2 N–H and O–H groups in total. The van der Waals surface area contributed by atoms with Gasteiger partial charge >= 0.3 is 5.97 Å². The van der Waals surface area contributed by atoms with Crippen LogP contribution in [0.15, 0.2) is 36.4 Å². The number of ether oxygens (including phenoxy) is 2. The van der Waals surface area contributed by atoms with E-state index in [4.69, 9.17) is 9.47 Å². The number of pyridine rings is 1. The molecule has 7 nitrogen and oxygen atoms in total. The van der Waals surface area contributed by atoms with E-state index in [9.17, 15) is 14.7 Å². The summed E-state index contributed by atoms with van der Waals surface area (Å²) in [4.78, 5) is 27.8. The molecule has 2 rings (SSSR count). The molecule has 1 atom stereocenters. The number of carbonyl (C=O) groups excluding carboxylic acids is 1. The van der Waals surface area contributed by atoms with Crippen LogP contribution >= 0.6 is 0 Å². The van der Waals surface area contributed by atoms with Gasteiger partial charge in [0.05, 0.1) is 26.7 Å². The minimum Gasteiger partial charge on any atom is -0.493 e. The van der Waals surface area contributed by atoms with E-state index in [1.807, 2.05) is 0 Å². The predicted molar refractivity (Wildman–Crippen MR) is 91.0 cm³/mol. The molecule has 1 heterocycles. The maximum absolute atomic E-state index is 12.4. The molecule has 0 bridgehead atoms. The Bertz CT molecular complexity index is 776. The van der Waals surface area contributed by atoms with E-state index in [0.717, 1.165) is 0 Å². The normalized spacial score (nSPS) is 11.5. The molecule has 1 unspecified atom stereocenters. The van der Waals surface area contributed by atoms with Crippen molar-refractivity contribution < 1.29 is 24.2 Å². The molecule has 132 valence electrons. The van der Waals surface area contributed by atoms with Crippen molar-refractivity contribution in [3.05, 3.63) is 53.3 Å². The van der Waals surface area contributed by atoms with E-state index in [0.29, 0.717) is 22.8 Å². The lowest BCUT2D eigenvalue weighted by Crippen LogP contribution is -2.31. The van der Waals surface area contributed by atoms with Crippen molar-refractivity contribution in [3.8, 4) is 11.5 Å². The second-order valence-corrected chi connectivity index (χ2v) is 5.40. The van der Waals surface area contributed by atoms with Crippen LogP contribution in [-0.4, -0.2) is 36.2 Å². The first kappa shape index (κ1) is 18.3. The van der Waals surface area contributed by atoms with Gasteiger partial charge in [-0.15, -0.1) is 0 Å². The minimum atomic E-state index is -1.03. The van der Waals surface area contributed by atoms with Gasteiger partial charge in [0.1, 0.15) is 5.69 Å². The van der Waals surface area contributed by atoms with Crippen molar-refractivity contribution in [2.45, 2.75) is 19.4 Å². The molecular formula is C18H20N2O5. The molecular weight excluding hydrogens is 324 g/mol. The molecule has 0 spiro atoms. The smallest absolute Gasteiger partial charge is 0.305 e. The van der Waals surface area contributed by atoms with E-state index in [1.165, 1.54) is 14.2 Å². The molecule has 0 saturated heterocycles. The molecule has 25 heavy (non-hydrogen) atoms. The highest BCUT2D eigenvalue weighted by Gasteiger charge is 2.21. The van der Waals surface area contributed by atoms with E-state index >= 15 is 0 Å². The minimum absolute atomic E-state index is 0.232. The number of aliphatic carboxylic acids is 1. The third-order valence-corrected chi connectivity index (χ3v) is 3.62. The summed E-state index contributed by atoms with van der Waals surface area (Å²) in [5, 5.41) is 11.9. The number of rotatable bonds is 7. The highest BCUT2D eigenvalue weighted by atomic mass is 16.5. The summed E-state index contributed by atoms with van der Waals surface area (Å²) >= 11 is 0. The number of aryl methyl sites for hydroxylation is 1. The molecule has 2 aromatic rings. The molecule has 1 amide bonds. The van der Waals surface area contributed by atoms with E-state index in [1.54, 1.807) is 43.3 Å². The SMILES string of the molecule is COc1ccc(C(CC(=O)O)NC(=O)c2cccc(C)n2)cc1OC. The van der Waals surface area contributed by atoms with E-state index in [2.05, 4.69) is 10.3 Å². The highest BCUT2D eigenvalue weighted by molar-refractivity contribution is 5.92. The summed E-state index contributed by atoms with van der Waals surface area (Å²) < 4.78 is 10.4. The van der Waals surface area contributed by atoms with Crippen molar-refractivity contribution in [2.75, 3.05) is 14.2 Å². The molecule has 0 aliphatic heterocycles. The molecule has 1 aromatic heterocycles. The van der Waals surface area contributed by atoms with Gasteiger partial charge in [-0.05, 0) is 36.8 Å². The zero-order valence-electron chi connectivity index (χ0n) is 14.3. The average molecular weight is 344 g/mol. The number of methoxy groups -OCH3 is 2. The van der Waals surface area contributed by atoms with Crippen LogP contribution in [0.2, 0.25) is 0 Å². The first-order valence-corrected chi connectivity index (χ1v) is 7.63. The van der Waals surface area contributed by atoms with Gasteiger partial charge in [0.25, 0.3) is 5.91 Å². The number of benzene rings is 1. The Balaban J connectivity index is 2.30. The van der Waals surface area contributed by atoms with Crippen LogP contribution in [0.25, 0.3) is 0 Å². The number of nitrogens with zero attached hydrogens (tertiary/aromatic N) is 1. The zero-order valence-corrected chi connectivity index (χ0v) is 14.3. The number of nitrogens with one attached hydrogen (secondary N) is 1. The number of carboxylic acid groups (broad SMARTS) is 1. The van der Waals surface area contributed by atoms with Crippen LogP contribution in [-0.2, 0) is 4.79 Å². The second-order valence-electron chi connectivity index (χ2n) is 5.40. The zero-order chi connectivity index (χ0) is 18.4. The van der Waals surface area contributed by atoms with Crippen LogP contribution in [0.3, 0.4) is 0 Å². The van der Waals surface area contributed by atoms with Crippen molar-refractivity contribution in [3.63, 3.8) is 0 Å². The van der Waals surface area contributed by atoms with Crippen LogP contribution in [0.4, 0.5) is 0 Å². The number of amides is 1. The highest BCUT2D eigenvalue weighted by Crippen LogP contribution is 2.31. The lowest BCUT2D eigenvalue weighted by molar-refractivity contribution is -0.137. The third-order valence-electron chi connectivity index (χ3n) is 3.62. The molecule has 0 aliphatic carbocycles. The van der Waals surface area contributed by atoms with E-state index < -0.39 is 17.9 Å². The molecule has 0 fully saturated rings. The summed E-state index contributed by atoms with van der Waals surface area (Å²) in [6.07, 6.45) is -0.271. The fraction of sp³-hybridized carbons (Fsp3) is 0.278. The molecule has 0 radical (unpaired) electrons. The summed E-state index contributed by atoms with van der Waals surface area (Å²) in [6, 6.07) is 9.36. The van der Waals surface area contributed by atoms with Crippen molar-refractivity contribution >= 4 is 11.9 Å².